The fraction of sp³-hybridized carbons (Fsp3) is 0.136. The molecule has 0 spiro atoms. The SMILES string of the molecule is Cc1ccc(S(=O)(=O)N(CC(=O)Nc2ccc(Cl)c(Cl)c2)Cc2c(F)cccc2Cl)cc1. The molecule has 3 aromatic rings. The highest BCUT2D eigenvalue weighted by Gasteiger charge is 2.28. The molecule has 0 radical (unpaired) electrons. The average Bonchev–Trinajstić information content (AvgIpc) is 2.73. The molecule has 1 N–H and O–H groups in total. The van der Waals surface area contributed by atoms with Crippen molar-refractivity contribution in [2.24, 2.45) is 0 Å². The molecule has 0 unspecified atom stereocenters. The Hall–Kier alpha value is -2.16. The van der Waals surface area contributed by atoms with Gasteiger partial charge in [0.25, 0.3) is 0 Å². The van der Waals surface area contributed by atoms with Gasteiger partial charge in [0, 0.05) is 22.8 Å². The van der Waals surface area contributed by atoms with E-state index < -0.39 is 34.8 Å². The number of anilines is 1. The number of benzene rings is 3. The minimum atomic E-state index is -4.15. The fourth-order valence-corrected chi connectivity index (χ4v) is 4.76. The molecule has 0 aliphatic heterocycles. The fourth-order valence-electron chi connectivity index (χ4n) is 2.88. The Labute approximate surface area is 200 Å². The summed E-state index contributed by atoms with van der Waals surface area (Å²) in [7, 11) is -4.15. The quantitative estimate of drug-likeness (QED) is 0.424. The van der Waals surface area contributed by atoms with Crippen molar-refractivity contribution < 1.29 is 17.6 Å². The third kappa shape index (κ3) is 5.79. The van der Waals surface area contributed by atoms with E-state index in [1.54, 1.807) is 12.1 Å². The van der Waals surface area contributed by atoms with Crippen LogP contribution in [0.25, 0.3) is 0 Å². The Morgan fingerprint density at radius 2 is 1.66 bits per heavy atom. The van der Waals surface area contributed by atoms with Gasteiger partial charge in [-0.15, -0.1) is 0 Å². The van der Waals surface area contributed by atoms with Crippen LogP contribution in [0.1, 0.15) is 11.1 Å². The number of nitrogens with zero attached hydrogens (tertiary/aromatic N) is 1. The second-order valence-electron chi connectivity index (χ2n) is 6.96. The molecular formula is C22H18Cl3FN2O3S. The number of rotatable bonds is 7. The molecule has 1 amide bonds. The van der Waals surface area contributed by atoms with Gasteiger partial charge < -0.3 is 5.32 Å². The minimum absolute atomic E-state index is 0.0297. The lowest BCUT2D eigenvalue weighted by molar-refractivity contribution is -0.116. The van der Waals surface area contributed by atoms with Gasteiger partial charge in [0.2, 0.25) is 15.9 Å². The molecule has 32 heavy (non-hydrogen) atoms. The summed E-state index contributed by atoms with van der Waals surface area (Å²) in [4.78, 5) is 12.7. The maximum Gasteiger partial charge on any atom is 0.243 e. The van der Waals surface area contributed by atoms with Gasteiger partial charge in [0.1, 0.15) is 5.82 Å². The number of amides is 1. The van der Waals surface area contributed by atoms with Crippen LogP contribution in [0, 0.1) is 12.7 Å². The molecule has 168 valence electrons. The second kappa shape index (κ2) is 10.2. The summed E-state index contributed by atoms with van der Waals surface area (Å²) in [5, 5.41) is 3.16. The lowest BCUT2D eigenvalue weighted by Crippen LogP contribution is -2.38. The number of aryl methyl sites for hydroxylation is 1. The van der Waals surface area contributed by atoms with Gasteiger partial charge in [-0.2, -0.15) is 4.31 Å². The van der Waals surface area contributed by atoms with Crippen LogP contribution in [0.15, 0.2) is 65.6 Å². The van der Waals surface area contributed by atoms with Crippen LogP contribution in [0.2, 0.25) is 15.1 Å². The minimum Gasteiger partial charge on any atom is -0.325 e. The van der Waals surface area contributed by atoms with Gasteiger partial charge in [0.15, 0.2) is 0 Å². The largest absolute Gasteiger partial charge is 0.325 e. The van der Waals surface area contributed by atoms with Crippen molar-refractivity contribution >= 4 is 56.4 Å². The highest BCUT2D eigenvalue weighted by atomic mass is 35.5. The summed E-state index contributed by atoms with van der Waals surface area (Å²) in [6, 6.07) is 14.6. The second-order valence-corrected chi connectivity index (χ2v) is 10.1. The smallest absolute Gasteiger partial charge is 0.243 e. The number of nitrogens with one attached hydrogen (secondary N) is 1. The Bertz CT molecular complexity index is 1230. The summed E-state index contributed by atoms with van der Waals surface area (Å²) >= 11 is 17.9. The van der Waals surface area contributed by atoms with Crippen molar-refractivity contribution in [1.29, 1.82) is 0 Å². The predicted octanol–water partition coefficient (Wildman–Crippen LogP) is 5.92. The van der Waals surface area contributed by atoms with Crippen LogP contribution in [0.3, 0.4) is 0 Å². The van der Waals surface area contributed by atoms with E-state index in [1.807, 2.05) is 6.92 Å². The van der Waals surface area contributed by atoms with Crippen LogP contribution >= 0.6 is 34.8 Å². The van der Waals surface area contributed by atoms with Gasteiger partial charge in [-0.25, -0.2) is 12.8 Å². The number of hydrogen-bond donors (Lipinski definition) is 1. The summed E-state index contributed by atoms with van der Waals surface area (Å²) < 4.78 is 41.9. The summed E-state index contributed by atoms with van der Waals surface area (Å²) in [6.45, 7) is 0.801. The van der Waals surface area contributed by atoms with Crippen molar-refractivity contribution in [3.8, 4) is 0 Å². The zero-order valence-corrected chi connectivity index (χ0v) is 19.9. The summed E-state index contributed by atoms with van der Waals surface area (Å²) in [5.41, 5.74) is 1.17. The van der Waals surface area contributed by atoms with E-state index in [-0.39, 0.29) is 20.5 Å². The molecule has 0 fully saturated rings. The van der Waals surface area contributed by atoms with Gasteiger partial charge >= 0.3 is 0 Å². The van der Waals surface area contributed by atoms with E-state index in [0.717, 1.165) is 9.87 Å². The number of hydrogen-bond acceptors (Lipinski definition) is 3. The first-order valence-electron chi connectivity index (χ1n) is 9.32. The molecule has 0 atom stereocenters. The van der Waals surface area contributed by atoms with Crippen LogP contribution in [0.4, 0.5) is 10.1 Å². The van der Waals surface area contributed by atoms with Gasteiger partial charge in [-0.05, 0) is 49.4 Å². The topological polar surface area (TPSA) is 66.5 Å². The highest BCUT2D eigenvalue weighted by molar-refractivity contribution is 7.89. The molecule has 0 saturated carbocycles. The molecular weight excluding hydrogens is 498 g/mol. The first-order valence-corrected chi connectivity index (χ1v) is 11.9. The third-order valence-electron chi connectivity index (χ3n) is 4.58. The molecule has 5 nitrogen and oxygen atoms in total. The molecule has 0 bridgehead atoms. The van der Waals surface area contributed by atoms with Crippen LogP contribution in [0.5, 0.6) is 0 Å². The summed E-state index contributed by atoms with van der Waals surface area (Å²) in [6.07, 6.45) is 0. The van der Waals surface area contributed by atoms with E-state index in [1.165, 1.54) is 48.5 Å². The number of carbonyl (C=O) groups excluding carboxylic acids is 1. The molecule has 0 aromatic heterocycles. The third-order valence-corrected chi connectivity index (χ3v) is 7.48. The Morgan fingerprint density at radius 1 is 0.969 bits per heavy atom. The maximum absolute atomic E-state index is 14.4. The zero-order chi connectivity index (χ0) is 23.5. The molecule has 0 aliphatic carbocycles. The summed E-state index contributed by atoms with van der Waals surface area (Å²) in [5.74, 6) is -1.32. The van der Waals surface area contributed by atoms with Crippen LogP contribution in [-0.2, 0) is 21.4 Å². The van der Waals surface area contributed by atoms with Crippen molar-refractivity contribution in [2.75, 3.05) is 11.9 Å². The lowest BCUT2D eigenvalue weighted by Gasteiger charge is -2.23. The Morgan fingerprint density at radius 3 is 2.28 bits per heavy atom. The normalized spacial score (nSPS) is 11.6. The Balaban J connectivity index is 1.93. The van der Waals surface area contributed by atoms with Crippen molar-refractivity contribution in [1.82, 2.24) is 4.31 Å². The monoisotopic (exact) mass is 514 g/mol. The first kappa shape index (κ1) is 24.5. The van der Waals surface area contributed by atoms with E-state index in [2.05, 4.69) is 5.32 Å². The number of halogens is 4. The average molecular weight is 516 g/mol. The van der Waals surface area contributed by atoms with Gasteiger partial charge in [0.05, 0.1) is 21.5 Å². The number of carbonyl (C=O) groups is 1. The molecule has 0 aliphatic rings. The molecule has 10 heteroatoms. The van der Waals surface area contributed by atoms with E-state index in [4.69, 9.17) is 34.8 Å². The molecule has 3 aromatic carbocycles. The standard InChI is InChI=1S/C22H18Cl3FN2O3S/c1-14-5-8-16(9-6-14)32(30,31)28(12-17-18(23)3-2-4-21(17)26)13-22(29)27-15-7-10-19(24)20(25)11-15/h2-11H,12-13H2,1H3,(H,27,29). The zero-order valence-electron chi connectivity index (χ0n) is 16.8. The number of sulfonamides is 1. The first-order chi connectivity index (χ1) is 15.1. The highest BCUT2D eigenvalue weighted by Crippen LogP contribution is 2.27. The maximum atomic E-state index is 14.4. The molecule has 3 rings (SSSR count). The van der Waals surface area contributed by atoms with Crippen LogP contribution in [-0.4, -0.2) is 25.2 Å². The van der Waals surface area contributed by atoms with Gasteiger partial charge in [-0.1, -0.05) is 58.6 Å². The van der Waals surface area contributed by atoms with Gasteiger partial charge in [-0.3, -0.25) is 4.79 Å². The van der Waals surface area contributed by atoms with E-state index in [0.29, 0.717) is 10.7 Å². The molecule has 0 saturated heterocycles. The predicted molar refractivity (Wildman–Crippen MR) is 125 cm³/mol. The Kier molecular flexibility index (Phi) is 7.79. The van der Waals surface area contributed by atoms with Crippen molar-refractivity contribution in [3.63, 3.8) is 0 Å². The van der Waals surface area contributed by atoms with Crippen molar-refractivity contribution in [2.45, 2.75) is 18.4 Å². The molecule has 0 heterocycles. The van der Waals surface area contributed by atoms with Crippen LogP contribution < -0.4 is 5.32 Å². The van der Waals surface area contributed by atoms with Crippen molar-refractivity contribution in [3.05, 3.63) is 92.7 Å². The van der Waals surface area contributed by atoms with E-state index >= 15 is 0 Å². The lowest BCUT2D eigenvalue weighted by atomic mass is 10.2. The van der Waals surface area contributed by atoms with E-state index in [9.17, 15) is 17.6 Å².